The molecule has 2 amide bonds. The van der Waals surface area contributed by atoms with Gasteiger partial charge < -0.3 is 9.80 Å². The zero-order valence-electron chi connectivity index (χ0n) is 17.8. The standard InChI is InChI=1S/C24H26FN3O2/c1-16-6-5-7-18(15-26)20(16)12-13-21-22(29)28(4)24(2,23(30)27(21)3)14-17-8-10-19(25)11-9-17/h5-11,21H,12-14H2,1-4H3. The molecule has 1 aliphatic heterocycles. The minimum absolute atomic E-state index is 0.131. The van der Waals surface area contributed by atoms with Crippen LogP contribution in [0.15, 0.2) is 42.5 Å². The largest absolute Gasteiger partial charge is 0.332 e. The number of amides is 2. The molecule has 0 saturated carbocycles. The second kappa shape index (κ2) is 8.27. The number of aryl methyl sites for hydroxylation is 1. The molecule has 6 heteroatoms. The molecule has 0 aliphatic carbocycles. The maximum atomic E-state index is 13.3. The molecular formula is C24H26FN3O2. The van der Waals surface area contributed by atoms with Crippen LogP contribution >= 0.6 is 0 Å². The summed E-state index contributed by atoms with van der Waals surface area (Å²) in [5, 5.41) is 9.38. The van der Waals surface area contributed by atoms with Gasteiger partial charge in [0, 0.05) is 20.5 Å². The van der Waals surface area contributed by atoms with Gasteiger partial charge in [0.1, 0.15) is 17.4 Å². The third-order valence-electron chi connectivity index (χ3n) is 6.26. The Morgan fingerprint density at radius 1 is 1.13 bits per heavy atom. The molecule has 0 radical (unpaired) electrons. The minimum atomic E-state index is -1.04. The van der Waals surface area contributed by atoms with Gasteiger partial charge in [0.2, 0.25) is 11.8 Å². The molecule has 3 rings (SSSR count). The molecule has 30 heavy (non-hydrogen) atoms. The molecule has 2 aromatic rings. The summed E-state index contributed by atoms with van der Waals surface area (Å²) >= 11 is 0. The Hall–Kier alpha value is -3.20. The maximum Gasteiger partial charge on any atom is 0.249 e. The van der Waals surface area contributed by atoms with Crippen molar-refractivity contribution >= 4 is 11.8 Å². The lowest BCUT2D eigenvalue weighted by Crippen LogP contribution is -2.69. The Morgan fingerprint density at radius 3 is 2.43 bits per heavy atom. The average molecular weight is 407 g/mol. The number of carbonyl (C=O) groups is 2. The summed E-state index contributed by atoms with van der Waals surface area (Å²) in [7, 11) is 3.31. The zero-order chi connectivity index (χ0) is 22.1. The Kier molecular flexibility index (Phi) is 5.93. The molecule has 5 nitrogen and oxygen atoms in total. The van der Waals surface area contributed by atoms with Gasteiger partial charge in [0.15, 0.2) is 0 Å². The molecule has 156 valence electrons. The predicted molar refractivity (Wildman–Crippen MR) is 112 cm³/mol. The molecule has 0 spiro atoms. The number of nitrogens with zero attached hydrogens (tertiary/aromatic N) is 3. The topological polar surface area (TPSA) is 64.4 Å². The summed E-state index contributed by atoms with van der Waals surface area (Å²) in [6.45, 7) is 3.69. The third-order valence-corrected chi connectivity index (χ3v) is 6.26. The SMILES string of the molecule is Cc1cccc(C#N)c1CCC1C(=O)N(C)C(C)(Cc2ccc(F)cc2)C(=O)N1C. The van der Waals surface area contributed by atoms with E-state index in [0.29, 0.717) is 24.8 Å². The van der Waals surface area contributed by atoms with E-state index in [1.165, 1.54) is 21.9 Å². The zero-order valence-corrected chi connectivity index (χ0v) is 17.8. The second-order valence-electron chi connectivity index (χ2n) is 8.16. The highest BCUT2D eigenvalue weighted by Gasteiger charge is 2.50. The van der Waals surface area contributed by atoms with Gasteiger partial charge in [-0.25, -0.2) is 4.39 Å². The lowest BCUT2D eigenvalue weighted by molar-refractivity contribution is -0.166. The smallest absolute Gasteiger partial charge is 0.249 e. The van der Waals surface area contributed by atoms with Crippen LogP contribution in [0, 0.1) is 24.1 Å². The number of benzene rings is 2. The highest BCUT2D eigenvalue weighted by molar-refractivity contribution is 5.99. The molecule has 2 unspecified atom stereocenters. The van der Waals surface area contributed by atoms with Crippen LogP contribution < -0.4 is 0 Å². The van der Waals surface area contributed by atoms with E-state index in [0.717, 1.165) is 16.7 Å². The molecule has 2 aromatic carbocycles. The number of nitriles is 1. The first kappa shape index (κ1) is 21.5. The van der Waals surface area contributed by atoms with Crippen molar-refractivity contribution in [3.63, 3.8) is 0 Å². The summed E-state index contributed by atoms with van der Waals surface area (Å²) in [6, 6.07) is 13.2. The van der Waals surface area contributed by atoms with Gasteiger partial charge in [-0.1, -0.05) is 24.3 Å². The molecule has 1 saturated heterocycles. The lowest BCUT2D eigenvalue weighted by Gasteiger charge is -2.48. The Bertz CT molecular complexity index is 1010. The first-order valence-corrected chi connectivity index (χ1v) is 9.97. The summed E-state index contributed by atoms with van der Waals surface area (Å²) in [5.74, 6) is -0.619. The number of carbonyl (C=O) groups excluding carboxylic acids is 2. The monoisotopic (exact) mass is 407 g/mol. The van der Waals surface area contributed by atoms with Gasteiger partial charge >= 0.3 is 0 Å². The van der Waals surface area contributed by atoms with Crippen LogP contribution in [0.4, 0.5) is 4.39 Å². The number of halogens is 1. The van der Waals surface area contributed by atoms with E-state index in [1.807, 2.05) is 19.1 Å². The first-order valence-electron chi connectivity index (χ1n) is 9.97. The number of piperazine rings is 1. The van der Waals surface area contributed by atoms with Crippen molar-refractivity contribution in [3.05, 3.63) is 70.5 Å². The number of hydrogen-bond donors (Lipinski definition) is 0. The van der Waals surface area contributed by atoms with Crippen LogP contribution in [-0.2, 0) is 22.4 Å². The van der Waals surface area contributed by atoms with Crippen molar-refractivity contribution in [2.75, 3.05) is 14.1 Å². The van der Waals surface area contributed by atoms with Crippen molar-refractivity contribution in [1.29, 1.82) is 5.26 Å². The van der Waals surface area contributed by atoms with Gasteiger partial charge in [-0.15, -0.1) is 0 Å². The molecule has 0 N–H and O–H groups in total. The van der Waals surface area contributed by atoms with Crippen LogP contribution in [0.3, 0.4) is 0 Å². The van der Waals surface area contributed by atoms with Crippen molar-refractivity contribution < 1.29 is 14.0 Å². The molecule has 1 fully saturated rings. The molecular weight excluding hydrogens is 381 g/mol. The van der Waals surface area contributed by atoms with Crippen LogP contribution in [0.2, 0.25) is 0 Å². The van der Waals surface area contributed by atoms with E-state index in [-0.39, 0.29) is 17.6 Å². The Labute approximate surface area is 176 Å². The van der Waals surface area contributed by atoms with Crippen LogP contribution in [0.5, 0.6) is 0 Å². The summed E-state index contributed by atoms with van der Waals surface area (Å²) in [4.78, 5) is 29.5. The van der Waals surface area contributed by atoms with Gasteiger partial charge in [-0.05, 0) is 61.6 Å². The van der Waals surface area contributed by atoms with E-state index < -0.39 is 11.6 Å². The normalized spacial score (nSPS) is 21.7. The van der Waals surface area contributed by atoms with Crippen molar-refractivity contribution in [2.45, 2.75) is 44.7 Å². The molecule has 1 heterocycles. The Morgan fingerprint density at radius 2 is 1.80 bits per heavy atom. The Balaban J connectivity index is 1.81. The second-order valence-corrected chi connectivity index (χ2v) is 8.16. The molecule has 2 atom stereocenters. The molecule has 0 aromatic heterocycles. The number of rotatable bonds is 5. The predicted octanol–water partition coefficient (Wildman–Crippen LogP) is 3.24. The van der Waals surface area contributed by atoms with E-state index in [9.17, 15) is 19.2 Å². The van der Waals surface area contributed by atoms with Crippen LogP contribution in [-0.4, -0.2) is 47.3 Å². The lowest BCUT2D eigenvalue weighted by atomic mass is 9.85. The quantitative estimate of drug-likeness (QED) is 0.764. The average Bonchev–Trinajstić information content (AvgIpc) is 2.73. The molecule has 0 bridgehead atoms. The highest BCUT2D eigenvalue weighted by atomic mass is 19.1. The fourth-order valence-corrected chi connectivity index (χ4v) is 4.23. The summed E-state index contributed by atoms with van der Waals surface area (Å²) in [6.07, 6.45) is 1.28. The molecule has 1 aliphatic rings. The van der Waals surface area contributed by atoms with E-state index in [4.69, 9.17) is 0 Å². The number of hydrogen-bond acceptors (Lipinski definition) is 3. The van der Waals surface area contributed by atoms with Gasteiger partial charge in [0.05, 0.1) is 11.6 Å². The number of likely N-dealkylation sites (N-methyl/N-ethyl adjacent to an activating group) is 2. The van der Waals surface area contributed by atoms with Crippen molar-refractivity contribution in [1.82, 2.24) is 9.80 Å². The fourth-order valence-electron chi connectivity index (χ4n) is 4.23. The van der Waals surface area contributed by atoms with E-state index >= 15 is 0 Å². The maximum absolute atomic E-state index is 13.3. The highest BCUT2D eigenvalue weighted by Crippen LogP contribution is 2.30. The summed E-state index contributed by atoms with van der Waals surface area (Å²) in [5.41, 5.74) is 2.26. The fraction of sp³-hybridized carbons (Fsp3) is 0.375. The minimum Gasteiger partial charge on any atom is -0.332 e. The van der Waals surface area contributed by atoms with E-state index in [2.05, 4.69) is 6.07 Å². The van der Waals surface area contributed by atoms with Crippen molar-refractivity contribution in [3.8, 4) is 6.07 Å². The van der Waals surface area contributed by atoms with Gasteiger partial charge in [-0.2, -0.15) is 5.26 Å². The van der Waals surface area contributed by atoms with Gasteiger partial charge in [0.25, 0.3) is 0 Å². The summed E-state index contributed by atoms with van der Waals surface area (Å²) < 4.78 is 13.2. The van der Waals surface area contributed by atoms with Gasteiger partial charge in [-0.3, -0.25) is 9.59 Å². The van der Waals surface area contributed by atoms with Crippen LogP contribution in [0.1, 0.15) is 35.6 Å². The van der Waals surface area contributed by atoms with E-state index in [1.54, 1.807) is 39.2 Å². The first-order chi connectivity index (χ1) is 14.2. The van der Waals surface area contributed by atoms with Crippen molar-refractivity contribution in [2.24, 2.45) is 0 Å². The van der Waals surface area contributed by atoms with Crippen LogP contribution in [0.25, 0.3) is 0 Å². The third kappa shape index (κ3) is 3.80.